The molecule has 0 bridgehead atoms. The summed E-state index contributed by atoms with van der Waals surface area (Å²) in [6.45, 7) is 0.502. The Hall–Kier alpha value is -3.53. The van der Waals surface area contributed by atoms with E-state index in [1.54, 1.807) is 23.1 Å². The summed E-state index contributed by atoms with van der Waals surface area (Å²) in [6, 6.07) is 16.5. The van der Waals surface area contributed by atoms with Gasteiger partial charge in [0, 0.05) is 14.1 Å². The van der Waals surface area contributed by atoms with Crippen LogP contribution in [0.15, 0.2) is 59.8 Å². The number of hydrogen-bond acceptors (Lipinski definition) is 8. The predicted molar refractivity (Wildman–Crippen MR) is 119 cm³/mol. The van der Waals surface area contributed by atoms with Crippen molar-refractivity contribution in [1.82, 2.24) is 29.7 Å². The molecule has 0 unspecified atom stereocenters. The van der Waals surface area contributed by atoms with Crippen molar-refractivity contribution >= 4 is 23.7 Å². The molecule has 10 heteroatoms. The van der Waals surface area contributed by atoms with Gasteiger partial charge in [-0.2, -0.15) is 15.0 Å². The Morgan fingerprint density at radius 1 is 0.968 bits per heavy atom. The van der Waals surface area contributed by atoms with Gasteiger partial charge in [0.1, 0.15) is 11.6 Å². The number of aromatic nitrogens is 6. The summed E-state index contributed by atoms with van der Waals surface area (Å²) in [6.07, 6.45) is 0. The fraction of sp³-hybridized carbons (Fsp3) is 0.190. The molecule has 158 valence electrons. The number of nitrogen functional groups attached to an aromatic ring is 1. The molecule has 0 spiro atoms. The van der Waals surface area contributed by atoms with Crippen LogP contribution in [0.1, 0.15) is 11.4 Å². The molecule has 0 aliphatic heterocycles. The first kappa shape index (κ1) is 20.7. The molecule has 8 nitrogen and oxygen atoms in total. The van der Waals surface area contributed by atoms with Crippen molar-refractivity contribution in [2.75, 3.05) is 24.7 Å². The zero-order valence-corrected chi connectivity index (χ0v) is 17.9. The Balaban J connectivity index is 1.67. The van der Waals surface area contributed by atoms with Crippen LogP contribution in [-0.2, 0) is 12.3 Å². The van der Waals surface area contributed by atoms with Gasteiger partial charge in [0.15, 0.2) is 11.0 Å². The quantitative estimate of drug-likeness (QED) is 0.441. The van der Waals surface area contributed by atoms with Gasteiger partial charge in [-0.05, 0) is 17.7 Å². The van der Waals surface area contributed by atoms with E-state index in [2.05, 4.69) is 25.1 Å². The van der Waals surface area contributed by atoms with Gasteiger partial charge < -0.3 is 10.6 Å². The summed E-state index contributed by atoms with van der Waals surface area (Å²) >= 11 is 1.41. The maximum absolute atomic E-state index is 14.5. The Morgan fingerprint density at radius 2 is 1.71 bits per heavy atom. The topological polar surface area (TPSA) is 98.6 Å². The first-order chi connectivity index (χ1) is 15.0. The highest BCUT2D eigenvalue weighted by molar-refractivity contribution is 7.98. The standard InChI is InChI=1S/C21H21FN8S/c1-29(2)20-25-17(24-19(23)26-20)13-31-21-28-27-18(15-10-6-7-11-16(15)22)30(21)12-14-8-4-3-5-9-14/h3-11H,12-13H2,1-2H3,(H2,23,24,25,26). The van der Waals surface area contributed by atoms with Crippen LogP contribution < -0.4 is 10.6 Å². The average Bonchev–Trinajstić information content (AvgIpc) is 3.15. The van der Waals surface area contributed by atoms with Gasteiger partial charge >= 0.3 is 0 Å². The van der Waals surface area contributed by atoms with Crippen LogP contribution in [0.25, 0.3) is 11.4 Å². The highest BCUT2D eigenvalue weighted by Crippen LogP contribution is 2.28. The van der Waals surface area contributed by atoms with E-state index in [1.807, 2.05) is 49.0 Å². The molecule has 4 aromatic rings. The van der Waals surface area contributed by atoms with Crippen LogP contribution in [0.4, 0.5) is 16.3 Å². The summed E-state index contributed by atoms with van der Waals surface area (Å²) in [7, 11) is 3.67. The van der Waals surface area contributed by atoms with Crippen molar-refractivity contribution in [2.24, 2.45) is 0 Å². The van der Waals surface area contributed by atoms with Gasteiger partial charge in [-0.3, -0.25) is 4.57 Å². The van der Waals surface area contributed by atoms with Crippen LogP contribution in [-0.4, -0.2) is 43.8 Å². The molecule has 0 aliphatic carbocycles. The monoisotopic (exact) mass is 436 g/mol. The zero-order chi connectivity index (χ0) is 21.8. The van der Waals surface area contributed by atoms with Gasteiger partial charge in [0.2, 0.25) is 11.9 Å². The van der Waals surface area contributed by atoms with Gasteiger partial charge in [-0.25, -0.2) is 4.39 Å². The van der Waals surface area contributed by atoms with E-state index in [0.29, 0.717) is 40.6 Å². The molecule has 0 atom stereocenters. The van der Waals surface area contributed by atoms with E-state index in [-0.39, 0.29) is 11.8 Å². The fourth-order valence-corrected chi connectivity index (χ4v) is 3.76. The van der Waals surface area contributed by atoms with Crippen molar-refractivity contribution in [3.63, 3.8) is 0 Å². The van der Waals surface area contributed by atoms with Crippen LogP contribution in [0.3, 0.4) is 0 Å². The lowest BCUT2D eigenvalue weighted by Gasteiger charge is -2.12. The number of anilines is 2. The SMILES string of the molecule is CN(C)c1nc(N)nc(CSc2nnc(-c3ccccc3F)n2Cc2ccccc2)n1. The van der Waals surface area contributed by atoms with Crippen molar-refractivity contribution in [2.45, 2.75) is 17.5 Å². The number of halogens is 1. The Bertz CT molecular complexity index is 1180. The summed E-state index contributed by atoms with van der Waals surface area (Å²) < 4.78 is 16.4. The van der Waals surface area contributed by atoms with Crippen LogP contribution in [0.2, 0.25) is 0 Å². The van der Waals surface area contributed by atoms with Crippen LogP contribution in [0, 0.1) is 5.82 Å². The maximum Gasteiger partial charge on any atom is 0.229 e. The second-order valence-electron chi connectivity index (χ2n) is 6.95. The van der Waals surface area contributed by atoms with E-state index in [4.69, 9.17) is 5.73 Å². The number of hydrogen-bond donors (Lipinski definition) is 1. The normalized spacial score (nSPS) is 10.9. The smallest absolute Gasteiger partial charge is 0.229 e. The molecule has 0 radical (unpaired) electrons. The Morgan fingerprint density at radius 3 is 2.45 bits per heavy atom. The third-order valence-corrected chi connectivity index (χ3v) is 5.40. The highest BCUT2D eigenvalue weighted by atomic mass is 32.2. The molecule has 2 aromatic heterocycles. The molecule has 2 aromatic carbocycles. The zero-order valence-electron chi connectivity index (χ0n) is 17.1. The summed E-state index contributed by atoms with van der Waals surface area (Å²) in [5, 5.41) is 9.24. The van der Waals surface area contributed by atoms with Gasteiger partial charge in [-0.15, -0.1) is 10.2 Å². The minimum absolute atomic E-state index is 0.159. The second-order valence-corrected chi connectivity index (χ2v) is 7.89. The molecular weight excluding hydrogens is 415 g/mol. The third-order valence-electron chi connectivity index (χ3n) is 4.43. The molecule has 0 saturated heterocycles. The number of benzene rings is 2. The van der Waals surface area contributed by atoms with E-state index in [0.717, 1.165) is 5.56 Å². The van der Waals surface area contributed by atoms with Gasteiger partial charge in [0.05, 0.1) is 17.9 Å². The largest absolute Gasteiger partial charge is 0.368 e. The molecule has 0 saturated carbocycles. The molecule has 4 rings (SSSR count). The first-order valence-corrected chi connectivity index (χ1v) is 10.5. The first-order valence-electron chi connectivity index (χ1n) is 9.54. The number of rotatable bonds is 7. The Labute approximate surface area is 183 Å². The van der Waals surface area contributed by atoms with Crippen molar-refractivity contribution in [3.8, 4) is 11.4 Å². The predicted octanol–water partition coefficient (Wildman–Crippen LogP) is 3.26. The van der Waals surface area contributed by atoms with E-state index >= 15 is 0 Å². The van der Waals surface area contributed by atoms with E-state index < -0.39 is 0 Å². The lowest BCUT2D eigenvalue weighted by atomic mass is 10.2. The molecule has 2 heterocycles. The minimum Gasteiger partial charge on any atom is -0.368 e. The molecule has 0 aliphatic rings. The molecule has 31 heavy (non-hydrogen) atoms. The Kier molecular flexibility index (Phi) is 6.08. The molecule has 2 N–H and O–H groups in total. The summed E-state index contributed by atoms with van der Waals surface area (Å²) in [5.74, 6) is 1.71. The number of nitrogens with two attached hydrogens (primary N) is 1. The fourth-order valence-electron chi connectivity index (χ4n) is 2.96. The lowest BCUT2D eigenvalue weighted by molar-refractivity contribution is 0.626. The van der Waals surface area contributed by atoms with Crippen molar-refractivity contribution in [3.05, 3.63) is 71.8 Å². The molecule has 0 fully saturated rings. The number of nitrogens with zero attached hydrogens (tertiary/aromatic N) is 7. The third kappa shape index (κ3) is 4.80. The number of thioether (sulfide) groups is 1. The maximum atomic E-state index is 14.5. The minimum atomic E-state index is -0.346. The summed E-state index contributed by atoms with van der Waals surface area (Å²) in [5.41, 5.74) is 7.28. The van der Waals surface area contributed by atoms with Crippen LogP contribution in [0.5, 0.6) is 0 Å². The van der Waals surface area contributed by atoms with Crippen LogP contribution >= 0.6 is 11.8 Å². The van der Waals surface area contributed by atoms with E-state index in [9.17, 15) is 4.39 Å². The lowest BCUT2D eigenvalue weighted by Crippen LogP contribution is -2.16. The van der Waals surface area contributed by atoms with Crippen molar-refractivity contribution in [1.29, 1.82) is 0 Å². The van der Waals surface area contributed by atoms with E-state index in [1.165, 1.54) is 17.8 Å². The molecular formula is C21H21FN8S. The van der Waals surface area contributed by atoms with Gasteiger partial charge in [-0.1, -0.05) is 54.2 Å². The average molecular weight is 437 g/mol. The van der Waals surface area contributed by atoms with Gasteiger partial charge in [0.25, 0.3) is 0 Å². The molecule has 0 amide bonds. The highest BCUT2D eigenvalue weighted by Gasteiger charge is 2.18. The van der Waals surface area contributed by atoms with Crippen molar-refractivity contribution < 1.29 is 4.39 Å². The summed E-state index contributed by atoms with van der Waals surface area (Å²) in [4.78, 5) is 14.5. The second kappa shape index (κ2) is 9.09.